The first-order valence-corrected chi connectivity index (χ1v) is 6.34. The second-order valence-electron chi connectivity index (χ2n) is 4.59. The number of hydrogen-bond acceptors (Lipinski definition) is 3. The summed E-state index contributed by atoms with van der Waals surface area (Å²) >= 11 is 4.09. The number of aliphatic hydroxyl groups is 1. The number of benzene rings is 2. The van der Waals surface area contributed by atoms with E-state index in [9.17, 15) is 5.11 Å². The molecule has 0 aliphatic carbocycles. The van der Waals surface area contributed by atoms with Gasteiger partial charge in [-0.25, -0.2) is 0 Å². The summed E-state index contributed by atoms with van der Waals surface area (Å²) in [7, 11) is 0. The molecule has 0 spiro atoms. The van der Waals surface area contributed by atoms with E-state index in [-0.39, 0.29) is 0 Å². The second kappa shape index (κ2) is 5.46. The standard InChI is InChI=1S/C15H17NOS/c1-15(17,13-8-3-2-4-9-13)11-12-7-5-6-10-14(12)16-18/h2-10,16-18H,11H2,1H3. The molecule has 2 N–H and O–H groups in total. The fourth-order valence-electron chi connectivity index (χ4n) is 2.05. The maximum absolute atomic E-state index is 10.6. The van der Waals surface area contributed by atoms with E-state index in [0.29, 0.717) is 6.42 Å². The Morgan fingerprint density at radius 1 is 1.06 bits per heavy atom. The van der Waals surface area contributed by atoms with Crippen LogP contribution in [0.1, 0.15) is 18.1 Å². The third-order valence-electron chi connectivity index (χ3n) is 3.07. The molecule has 1 unspecified atom stereocenters. The Balaban J connectivity index is 2.28. The van der Waals surface area contributed by atoms with Crippen molar-refractivity contribution >= 4 is 18.5 Å². The fraction of sp³-hybridized carbons (Fsp3) is 0.200. The van der Waals surface area contributed by atoms with Crippen LogP contribution in [0.25, 0.3) is 0 Å². The molecule has 0 amide bonds. The maximum atomic E-state index is 10.6. The Hall–Kier alpha value is -1.45. The van der Waals surface area contributed by atoms with Gasteiger partial charge in [0.25, 0.3) is 0 Å². The van der Waals surface area contributed by atoms with Crippen molar-refractivity contribution in [3.63, 3.8) is 0 Å². The van der Waals surface area contributed by atoms with Crippen molar-refractivity contribution in [3.8, 4) is 0 Å². The van der Waals surface area contributed by atoms with E-state index in [1.54, 1.807) is 0 Å². The molecule has 0 bridgehead atoms. The second-order valence-corrected chi connectivity index (χ2v) is 4.81. The topological polar surface area (TPSA) is 32.3 Å². The van der Waals surface area contributed by atoms with Gasteiger partial charge in [-0.2, -0.15) is 0 Å². The third kappa shape index (κ3) is 2.86. The minimum absolute atomic E-state index is 0.542. The summed E-state index contributed by atoms with van der Waals surface area (Å²) in [5.41, 5.74) is 2.00. The molecule has 2 aromatic rings. The molecular formula is C15H17NOS. The predicted octanol–water partition coefficient (Wildman–Crippen LogP) is 3.39. The van der Waals surface area contributed by atoms with Crippen LogP contribution in [0, 0.1) is 0 Å². The fourth-order valence-corrected chi connectivity index (χ4v) is 2.27. The Labute approximate surface area is 113 Å². The number of anilines is 1. The van der Waals surface area contributed by atoms with Gasteiger partial charge < -0.3 is 9.83 Å². The zero-order chi connectivity index (χ0) is 13.0. The largest absolute Gasteiger partial charge is 0.385 e. The van der Waals surface area contributed by atoms with E-state index in [1.807, 2.05) is 61.5 Å². The van der Waals surface area contributed by atoms with Gasteiger partial charge in [-0.3, -0.25) is 0 Å². The van der Waals surface area contributed by atoms with Crippen LogP contribution in [0.5, 0.6) is 0 Å². The number of para-hydroxylation sites is 1. The van der Waals surface area contributed by atoms with E-state index in [4.69, 9.17) is 0 Å². The molecule has 18 heavy (non-hydrogen) atoms. The summed E-state index contributed by atoms with van der Waals surface area (Å²) < 4.78 is 2.85. The van der Waals surface area contributed by atoms with Gasteiger partial charge in [0.1, 0.15) is 0 Å². The van der Waals surface area contributed by atoms with Crippen molar-refractivity contribution in [1.29, 1.82) is 0 Å². The molecule has 0 aliphatic rings. The van der Waals surface area contributed by atoms with Crippen molar-refractivity contribution in [2.45, 2.75) is 18.9 Å². The summed E-state index contributed by atoms with van der Waals surface area (Å²) in [6.45, 7) is 1.83. The lowest BCUT2D eigenvalue weighted by molar-refractivity contribution is 0.0578. The van der Waals surface area contributed by atoms with Gasteiger partial charge in [0.05, 0.1) is 5.60 Å². The molecule has 2 aromatic carbocycles. The molecule has 0 saturated carbocycles. The summed E-state index contributed by atoms with van der Waals surface area (Å²) in [6, 6.07) is 17.6. The van der Waals surface area contributed by atoms with Gasteiger partial charge in [0.2, 0.25) is 0 Å². The van der Waals surface area contributed by atoms with Crippen LogP contribution in [0.4, 0.5) is 5.69 Å². The van der Waals surface area contributed by atoms with Gasteiger partial charge in [-0.1, -0.05) is 61.3 Å². The highest BCUT2D eigenvalue weighted by Crippen LogP contribution is 2.28. The van der Waals surface area contributed by atoms with Crippen molar-refractivity contribution < 1.29 is 5.11 Å². The summed E-state index contributed by atoms with van der Waals surface area (Å²) in [5, 5.41) is 10.6. The van der Waals surface area contributed by atoms with E-state index in [2.05, 4.69) is 17.5 Å². The summed E-state index contributed by atoms with van der Waals surface area (Å²) in [5.74, 6) is 0. The highest BCUT2D eigenvalue weighted by atomic mass is 32.1. The summed E-state index contributed by atoms with van der Waals surface area (Å²) in [4.78, 5) is 0. The van der Waals surface area contributed by atoms with E-state index >= 15 is 0 Å². The van der Waals surface area contributed by atoms with Crippen LogP contribution in [0.2, 0.25) is 0 Å². The third-order valence-corrected chi connectivity index (χ3v) is 3.31. The smallest absolute Gasteiger partial charge is 0.0909 e. The number of hydrogen-bond donors (Lipinski definition) is 3. The Morgan fingerprint density at radius 3 is 2.33 bits per heavy atom. The average molecular weight is 259 g/mol. The van der Waals surface area contributed by atoms with Crippen LogP contribution < -0.4 is 4.72 Å². The maximum Gasteiger partial charge on any atom is 0.0909 e. The van der Waals surface area contributed by atoms with Crippen LogP contribution in [0.3, 0.4) is 0 Å². The lowest BCUT2D eigenvalue weighted by atomic mass is 9.88. The first kappa shape index (κ1) is 13.0. The minimum Gasteiger partial charge on any atom is -0.385 e. The van der Waals surface area contributed by atoms with Crippen molar-refractivity contribution in [1.82, 2.24) is 0 Å². The molecule has 1 atom stereocenters. The molecule has 0 saturated heterocycles. The van der Waals surface area contributed by atoms with Crippen molar-refractivity contribution in [2.24, 2.45) is 0 Å². The van der Waals surface area contributed by atoms with Gasteiger partial charge in [-0.15, -0.1) is 0 Å². The van der Waals surface area contributed by atoms with Crippen LogP contribution in [-0.4, -0.2) is 5.11 Å². The highest BCUT2D eigenvalue weighted by Gasteiger charge is 2.24. The van der Waals surface area contributed by atoms with E-state index < -0.39 is 5.60 Å². The molecule has 0 aromatic heterocycles. The van der Waals surface area contributed by atoms with Gasteiger partial charge in [0, 0.05) is 12.1 Å². The number of rotatable bonds is 4. The van der Waals surface area contributed by atoms with Crippen LogP contribution in [0.15, 0.2) is 54.6 Å². The molecule has 2 rings (SSSR count). The summed E-state index contributed by atoms with van der Waals surface area (Å²) in [6.07, 6.45) is 0.542. The van der Waals surface area contributed by atoms with E-state index in [0.717, 1.165) is 16.8 Å². The van der Waals surface area contributed by atoms with Crippen molar-refractivity contribution in [2.75, 3.05) is 4.72 Å². The molecule has 0 radical (unpaired) electrons. The Kier molecular flexibility index (Phi) is 3.94. The van der Waals surface area contributed by atoms with Crippen LogP contribution >= 0.6 is 12.8 Å². The van der Waals surface area contributed by atoms with Gasteiger partial charge in [-0.05, 0) is 24.1 Å². The predicted molar refractivity (Wildman–Crippen MR) is 78.8 cm³/mol. The lowest BCUT2D eigenvalue weighted by Crippen LogP contribution is -2.24. The van der Waals surface area contributed by atoms with E-state index in [1.165, 1.54) is 0 Å². The van der Waals surface area contributed by atoms with Gasteiger partial charge in [0.15, 0.2) is 0 Å². The molecule has 3 heteroatoms. The molecule has 2 nitrogen and oxygen atoms in total. The average Bonchev–Trinajstić information content (AvgIpc) is 2.40. The molecule has 0 heterocycles. The Morgan fingerprint density at radius 2 is 1.67 bits per heavy atom. The Bertz CT molecular complexity index is 511. The quantitative estimate of drug-likeness (QED) is 0.735. The first-order chi connectivity index (χ1) is 8.63. The SMILES string of the molecule is CC(O)(Cc1ccccc1NS)c1ccccc1. The monoisotopic (exact) mass is 259 g/mol. The molecule has 0 aliphatic heterocycles. The number of nitrogens with one attached hydrogen (secondary N) is 1. The van der Waals surface area contributed by atoms with Gasteiger partial charge >= 0.3 is 0 Å². The minimum atomic E-state index is -0.887. The van der Waals surface area contributed by atoms with Crippen molar-refractivity contribution in [3.05, 3.63) is 65.7 Å². The first-order valence-electron chi connectivity index (χ1n) is 5.89. The highest BCUT2D eigenvalue weighted by molar-refractivity contribution is 7.81. The zero-order valence-corrected chi connectivity index (χ0v) is 11.2. The normalized spacial score (nSPS) is 13.9. The molecular weight excluding hydrogens is 242 g/mol. The number of thiol groups is 1. The van der Waals surface area contributed by atoms with Crippen LogP contribution in [-0.2, 0) is 12.0 Å². The zero-order valence-electron chi connectivity index (χ0n) is 10.3. The molecule has 0 fully saturated rings. The molecule has 94 valence electrons. The lowest BCUT2D eigenvalue weighted by Gasteiger charge is -2.25.